The lowest BCUT2D eigenvalue weighted by Crippen LogP contribution is -2.44. The van der Waals surface area contributed by atoms with Crippen LogP contribution >= 0.6 is 0 Å². The SMILES string of the molecule is O=S([O-])C(CO[SiH3])(O[SiH3])O[SiH3]. The second-order valence-electron chi connectivity index (χ2n) is 1.76. The monoisotopic (exact) mass is 231 g/mol. The Bertz CT molecular complexity index is 138. The van der Waals surface area contributed by atoms with Gasteiger partial charge in [-0.1, -0.05) is 0 Å². The first-order valence-corrected chi connectivity index (χ1v) is 6.34. The lowest BCUT2D eigenvalue weighted by atomic mass is 10.7. The highest BCUT2D eigenvalue weighted by Gasteiger charge is 2.29. The van der Waals surface area contributed by atoms with Crippen LogP contribution in [0.15, 0.2) is 0 Å². The Morgan fingerprint density at radius 1 is 1.36 bits per heavy atom. The van der Waals surface area contributed by atoms with E-state index >= 15 is 0 Å². The lowest BCUT2D eigenvalue weighted by molar-refractivity contribution is -0.0596. The number of hydrogen-bond donors (Lipinski definition) is 0. The zero-order valence-electron chi connectivity index (χ0n) is 6.66. The first kappa shape index (κ1) is 11.6. The van der Waals surface area contributed by atoms with Gasteiger partial charge in [-0.25, -0.2) is 0 Å². The van der Waals surface area contributed by atoms with E-state index in [0.717, 1.165) is 0 Å². The van der Waals surface area contributed by atoms with Gasteiger partial charge in [0, 0.05) is 11.1 Å². The van der Waals surface area contributed by atoms with Crippen molar-refractivity contribution in [2.75, 3.05) is 6.61 Å². The summed E-state index contributed by atoms with van der Waals surface area (Å²) in [6, 6.07) is 0. The number of hydrogen-bond acceptors (Lipinski definition) is 5. The molecule has 0 aromatic rings. The standard InChI is InChI=1S/C2H12O5SSi3/c3-8(4)2(6-10,7-11)1-5-9/h1H2,9-11H3,(H,3,4)/p-1. The van der Waals surface area contributed by atoms with Gasteiger partial charge in [0.2, 0.25) is 5.12 Å². The molecule has 0 N–H and O–H groups in total. The van der Waals surface area contributed by atoms with Crippen molar-refractivity contribution < 1.29 is 22.0 Å². The molecule has 0 spiro atoms. The van der Waals surface area contributed by atoms with Gasteiger partial charge < -0.3 is 17.8 Å². The summed E-state index contributed by atoms with van der Waals surface area (Å²) in [7, 11) is 1.09. The van der Waals surface area contributed by atoms with Crippen LogP contribution < -0.4 is 0 Å². The number of rotatable bonds is 5. The summed E-state index contributed by atoms with van der Waals surface area (Å²) in [5.41, 5.74) is 0. The zero-order valence-corrected chi connectivity index (χ0v) is 13.5. The predicted molar refractivity (Wildman–Crippen MR) is 49.6 cm³/mol. The normalized spacial score (nSPS) is 20.1. The third kappa shape index (κ3) is 2.87. The largest absolute Gasteiger partial charge is 0.768 e. The highest BCUT2D eigenvalue weighted by molar-refractivity contribution is 7.80. The maximum atomic E-state index is 10.6. The van der Waals surface area contributed by atoms with Crippen LogP contribution in [0.5, 0.6) is 0 Å². The van der Waals surface area contributed by atoms with Crippen LogP contribution in [-0.4, -0.2) is 51.9 Å². The Morgan fingerprint density at radius 3 is 1.91 bits per heavy atom. The molecule has 5 nitrogen and oxygen atoms in total. The molecule has 1 atom stereocenters. The molecule has 0 saturated heterocycles. The van der Waals surface area contributed by atoms with Gasteiger partial charge in [0.25, 0.3) is 0 Å². The van der Waals surface area contributed by atoms with Crippen molar-refractivity contribution in [3.63, 3.8) is 0 Å². The van der Waals surface area contributed by atoms with Gasteiger partial charge >= 0.3 is 0 Å². The van der Waals surface area contributed by atoms with Crippen molar-refractivity contribution in [3.8, 4) is 0 Å². The average Bonchev–Trinajstić information content (AvgIpc) is 2.00. The molecule has 0 heterocycles. The van der Waals surface area contributed by atoms with Crippen molar-refractivity contribution in [1.82, 2.24) is 0 Å². The van der Waals surface area contributed by atoms with Gasteiger partial charge in [-0.2, -0.15) is 0 Å². The highest BCUT2D eigenvalue weighted by atomic mass is 32.2. The Morgan fingerprint density at radius 2 is 1.82 bits per heavy atom. The molecule has 0 aliphatic carbocycles. The van der Waals surface area contributed by atoms with Crippen LogP contribution in [0, 0.1) is 0 Å². The van der Waals surface area contributed by atoms with E-state index in [0.29, 0.717) is 31.5 Å². The molecule has 0 rings (SSSR count). The van der Waals surface area contributed by atoms with Gasteiger partial charge in [-0.05, 0) is 0 Å². The minimum absolute atomic E-state index is 0.0255. The summed E-state index contributed by atoms with van der Waals surface area (Å²) in [4.78, 5) is 0. The molecule has 11 heavy (non-hydrogen) atoms. The van der Waals surface area contributed by atoms with Crippen LogP contribution in [0.4, 0.5) is 0 Å². The second kappa shape index (κ2) is 5.32. The summed E-state index contributed by atoms with van der Waals surface area (Å²) < 4.78 is 35.6. The van der Waals surface area contributed by atoms with Gasteiger partial charge in [-0.15, -0.1) is 0 Å². The minimum Gasteiger partial charge on any atom is -0.768 e. The van der Waals surface area contributed by atoms with E-state index in [-0.39, 0.29) is 6.61 Å². The molecule has 0 radical (unpaired) electrons. The van der Waals surface area contributed by atoms with E-state index in [1.165, 1.54) is 0 Å². The summed E-state index contributed by atoms with van der Waals surface area (Å²) in [6.45, 7) is -0.0255. The van der Waals surface area contributed by atoms with Crippen LogP contribution in [0.2, 0.25) is 0 Å². The van der Waals surface area contributed by atoms with E-state index in [1.807, 2.05) is 0 Å². The Labute approximate surface area is 76.7 Å². The van der Waals surface area contributed by atoms with E-state index in [1.54, 1.807) is 0 Å². The van der Waals surface area contributed by atoms with Gasteiger partial charge in [-0.3, -0.25) is 4.21 Å². The van der Waals surface area contributed by atoms with Crippen LogP contribution in [0.25, 0.3) is 0 Å². The summed E-state index contributed by atoms with van der Waals surface area (Å²) in [6.07, 6.45) is 0. The molecule has 0 aliphatic rings. The zero-order chi connectivity index (χ0) is 8.91. The summed E-state index contributed by atoms with van der Waals surface area (Å²) in [5.74, 6) is 0. The maximum Gasteiger partial charge on any atom is 0.237 e. The van der Waals surface area contributed by atoms with Crippen molar-refractivity contribution >= 4 is 42.5 Å². The molecule has 1 unspecified atom stereocenters. The molecule has 0 aromatic carbocycles. The van der Waals surface area contributed by atoms with E-state index in [2.05, 4.69) is 0 Å². The van der Waals surface area contributed by atoms with Crippen LogP contribution in [0.1, 0.15) is 0 Å². The Hall–Kier alpha value is 0.641. The molecular formula is C2H11O5SSi3-. The predicted octanol–water partition coefficient (Wildman–Crippen LogP) is -4.59. The Kier molecular flexibility index (Phi) is 5.62. The fourth-order valence-corrected chi connectivity index (χ4v) is 3.36. The third-order valence-corrected chi connectivity index (χ3v) is 4.36. The molecule has 0 bridgehead atoms. The summed E-state index contributed by atoms with van der Waals surface area (Å²) >= 11 is -2.39. The molecule has 0 saturated carbocycles. The fraction of sp³-hybridized carbons (Fsp3) is 1.00. The quantitative estimate of drug-likeness (QED) is 0.271. The van der Waals surface area contributed by atoms with E-state index < -0.39 is 16.2 Å². The summed E-state index contributed by atoms with van der Waals surface area (Å²) in [5, 5.41) is -1.51. The molecule has 0 fully saturated rings. The molecule has 0 amide bonds. The van der Waals surface area contributed by atoms with Gasteiger partial charge in [0.05, 0.1) is 6.61 Å². The van der Waals surface area contributed by atoms with E-state index in [4.69, 9.17) is 13.3 Å². The fourth-order valence-electron chi connectivity index (χ4n) is 0.562. The molecule has 0 aromatic heterocycles. The van der Waals surface area contributed by atoms with Crippen molar-refractivity contribution in [3.05, 3.63) is 0 Å². The molecule has 9 heteroatoms. The molecule has 0 aliphatic heterocycles. The smallest absolute Gasteiger partial charge is 0.237 e. The Balaban J connectivity index is 4.32. The second-order valence-corrected chi connectivity index (χ2v) is 4.24. The average molecular weight is 231 g/mol. The van der Waals surface area contributed by atoms with Gasteiger partial charge in [0.15, 0.2) is 21.0 Å². The topological polar surface area (TPSA) is 67.8 Å². The van der Waals surface area contributed by atoms with Crippen LogP contribution in [-0.2, 0) is 24.4 Å². The van der Waals surface area contributed by atoms with Crippen LogP contribution in [0.3, 0.4) is 0 Å². The molecular weight excluding hydrogens is 220 g/mol. The molecule has 68 valence electrons. The van der Waals surface area contributed by atoms with E-state index in [9.17, 15) is 8.76 Å². The first-order valence-electron chi connectivity index (χ1n) is 2.81. The minimum atomic E-state index is -2.39. The highest BCUT2D eigenvalue weighted by Crippen LogP contribution is 2.13. The lowest BCUT2D eigenvalue weighted by Gasteiger charge is -2.33. The van der Waals surface area contributed by atoms with Crippen molar-refractivity contribution in [2.45, 2.75) is 5.12 Å². The first-order chi connectivity index (χ1) is 5.13. The maximum absolute atomic E-state index is 10.6. The van der Waals surface area contributed by atoms with Crippen molar-refractivity contribution in [1.29, 1.82) is 0 Å². The van der Waals surface area contributed by atoms with Gasteiger partial charge in [0.1, 0.15) is 10.5 Å². The van der Waals surface area contributed by atoms with Crippen molar-refractivity contribution in [2.24, 2.45) is 0 Å². The third-order valence-electron chi connectivity index (χ3n) is 1.20.